The van der Waals surface area contributed by atoms with Gasteiger partial charge in [0.05, 0.1) is 0 Å². The van der Waals surface area contributed by atoms with Crippen LogP contribution in [0.1, 0.15) is 56.5 Å². The summed E-state index contributed by atoms with van der Waals surface area (Å²) in [6, 6.07) is 0.578. The Labute approximate surface area is 109 Å². The summed E-state index contributed by atoms with van der Waals surface area (Å²) in [4.78, 5) is 0. The average molecular weight is 255 g/mol. The van der Waals surface area contributed by atoms with Gasteiger partial charge in [-0.1, -0.05) is 33.6 Å². The van der Waals surface area contributed by atoms with Gasteiger partial charge in [0.15, 0.2) is 0 Å². The molecular weight excluding hydrogens is 230 g/mol. The van der Waals surface area contributed by atoms with Crippen LogP contribution in [0.4, 0.5) is 0 Å². The van der Waals surface area contributed by atoms with Gasteiger partial charge in [-0.25, -0.2) is 0 Å². The summed E-state index contributed by atoms with van der Waals surface area (Å²) >= 11 is 1.79. The maximum atomic E-state index is 4.25. The molecule has 1 aromatic rings. The third-order valence-electron chi connectivity index (χ3n) is 2.62. The number of unbranched alkanes of at least 4 members (excludes halogenated alkanes) is 2. The van der Waals surface area contributed by atoms with Gasteiger partial charge >= 0.3 is 0 Å². The van der Waals surface area contributed by atoms with E-state index in [0.29, 0.717) is 6.04 Å². The number of hydrogen-bond donors (Lipinski definition) is 1. The zero-order valence-electron chi connectivity index (χ0n) is 11.3. The van der Waals surface area contributed by atoms with Gasteiger partial charge in [-0.2, -0.15) is 0 Å². The van der Waals surface area contributed by atoms with E-state index in [0.717, 1.165) is 25.8 Å². The van der Waals surface area contributed by atoms with E-state index in [9.17, 15) is 0 Å². The van der Waals surface area contributed by atoms with E-state index in [1.54, 1.807) is 11.3 Å². The molecule has 0 spiro atoms. The first kappa shape index (κ1) is 14.6. The Bertz CT molecular complexity index is 297. The Balaban J connectivity index is 2.16. The van der Waals surface area contributed by atoms with Crippen molar-refractivity contribution in [3.63, 3.8) is 0 Å². The van der Waals surface area contributed by atoms with Gasteiger partial charge in [-0.3, -0.25) is 0 Å². The highest BCUT2D eigenvalue weighted by molar-refractivity contribution is 7.11. The number of hydrogen-bond acceptors (Lipinski definition) is 4. The minimum Gasteiger partial charge on any atom is -0.315 e. The molecule has 0 bridgehead atoms. The van der Waals surface area contributed by atoms with Crippen LogP contribution in [0.15, 0.2) is 0 Å². The summed E-state index contributed by atoms with van der Waals surface area (Å²) in [6.07, 6.45) is 7.14. The molecule has 17 heavy (non-hydrogen) atoms. The van der Waals surface area contributed by atoms with Crippen molar-refractivity contribution in [2.45, 2.75) is 65.3 Å². The summed E-state index contributed by atoms with van der Waals surface area (Å²) in [5.41, 5.74) is 0. The number of nitrogens with zero attached hydrogens (tertiary/aromatic N) is 2. The predicted octanol–water partition coefficient (Wildman–Crippen LogP) is 3.20. The van der Waals surface area contributed by atoms with Gasteiger partial charge < -0.3 is 5.32 Å². The van der Waals surface area contributed by atoms with Crippen LogP contribution in [-0.2, 0) is 12.8 Å². The van der Waals surface area contributed by atoms with Gasteiger partial charge in [0.25, 0.3) is 0 Å². The second-order valence-electron chi connectivity index (χ2n) is 4.76. The van der Waals surface area contributed by atoms with Crippen molar-refractivity contribution in [3.8, 4) is 0 Å². The van der Waals surface area contributed by atoms with Crippen LogP contribution in [-0.4, -0.2) is 22.8 Å². The number of nitrogens with one attached hydrogen (secondary N) is 1. The first-order valence-electron chi connectivity index (χ1n) is 6.77. The average Bonchev–Trinajstić information content (AvgIpc) is 2.73. The fraction of sp³-hybridized carbons (Fsp3) is 0.846. The molecule has 0 radical (unpaired) electrons. The SMILES string of the molecule is CCCCCc1nnc(CCCNC(C)C)s1. The van der Waals surface area contributed by atoms with Crippen molar-refractivity contribution < 1.29 is 0 Å². The molecule has 1 N–H and O–H groups in total. The topological polar surface area (TPSA) is 37.8 Å². The largest absolute Gasteiger partial charge is 0.315 e. The van der Waals surface area contributed by atoms with Crippen molar-refractivity contribution in [2.24, 2.45) is 0 Å². The molecule has 0 fully saturated rings. The van der Waals surface area contributed by atoms with E-state index in [1.165, 1.54) is 29.3 Å². The number of rotatable bonds is 9. The quantitative estimate of drug-likeness (QED) is 0.689. The van der Waals surface area contributed by atoms with E-state index in [-0.39, 0.29) is 0 Å². The Morgan fingerprint density at radius 1 is 1.06 bits per heavy atom. The molecule has 0 saturated heterocycles. The van der Waals surface area contributed by atoms with Crippen molar-refractivity contribution in [1.82, 2.24) is 15.5 Å². The molecule has 0 atom stereocenters. The van der Waals surface area contributed by atoms with Crippen LogP contribution in [0.25, 0.3) is 0 Å². The van der Waals surface area contributed by atoms with Crippen LogP contribution >= 0.6 is 11.3 Å². The standard InChI is InChI=1S/C13H25N3S/c1-4-5-6-8-12-15-16-13(17-12)9-7-10-14-11(2)3/h11,14H,4-10H2,1-3H3. The van der Waals surface area contributed by atoms with Gasteiger partial charge in [0.1, 0.15) is 10.0 Å². The van der Waals surface area contributed by atoms with E-state index < -0.39 is 0 Å². The number of aryl methyl sites for hydroxylation is 2. The summed E-state index contributed by atoms with van der Waals surface area (Å²) in [5.74, 6) is 0. The molecule has 0 aromatic carbocycles. The fourth-order valence-corrected chi connectivity index (χ4v) is 2.58. The minimum atomic E-state index is 0.578. The molecule has 1 heterocycles. The molecule has 0 aliphatic heterocycles. The molecule has 1 rings (SSSR count). The minimum absolute atomic E-state index is 0.578. The maximum absolute atomic E-state index is 4.25. The Kier molecular flexibility index (Phi) is 7.37. The molecule has 1 aromatic heterocycles. The first-order valence-corrected chi connectivity index (χ1v) is 7.58. The van der Waals surface area contributed by atoms with Gasteiger partial charge in [-0.15, -0.1) is 21.5 Å². The van der Waals surface area contributed by atoms with E-state index >= 15 is 0 Å². The predicted molar refractivity (Wildman–Crippen MR) is 74.6 cm³/mol. The molecule has 3 nitrogen and oxygen atoms in total. The molecule has 0 aliphatic carbocycles. The van der Waals surface area contributed by atoms with Crippen molar-refractivity contribution in [3.05, 3.63) is 10.0 Å². The molecular formula is C13H25N3S. The molecule has 4 heteroatoms. The maximum Gasteiger partial charge on any atom is 0.117 e. The third kappa shape index (κ3) is 6.74. The molecule has 98 valence electrons. The highest BCUT2D eigenvalue weighted by atomic mass is 32.1. The smallest absolute Gasteiger partial charge is 0.117 e. The lowest BCUT2D eigenvalue weighted by molar-refractivity contribution is 0.569. The highest BCUT2D eigenvalue weighted by Gasteiger charge is 2.03. The highest BCUT2D eigenvalue weighted by Crippen LogP contribution is 2.14. The van der Waals surface area contributed by atoms with Gasteiger partial charge in [0, 0.05) is 18.9 Å². The summed E-state index contributed by atoms with van der Waals surface area (Å²) in [7, 11) is 0. The number of aromatic nitrogens is 2. The van der Waals surface area contributed by atoms with E-state index in [2.05, 4.69) is 36.3 Å². The van der Waals surface area contributed by atoms with E-state index in [4.69, 9.17) is 0 Å². The van der Waals surface area contributed by atoms with Gasteiger partial charge in [-0.05, 0) is 19.4 Å². The zero-order valence-corrected chi connectivity index (χ0v) is 12.1. The zero-order chi connectivity index (χ0) is 12.5. The van der Waals surface area contributed by atoms with Crippen LogP contribution in [0.2, 0.25) is 0 Å². The second kappa shape index (κ2) is 8.59. The molecule has 0 unspecified atom stereocenters. The second-order valence-corrected chi connectivity index (χ2v) is 5.91. The third-order valence-corrected chi connectivity index (χ3v) is 3.67. The Hall–Kier alpha value is -0.480. The lowest BCUT2D eigenvalue weighted by atomic mass is 10.2. The van der Waals surface area contributed by atoms with Crippen molar-refractivity contribution in [2.75, 3.05) is 6.54 Å². The lowest BCUT2D eigenvalue weighted by Crippen LogP contribution is -2.23. The van der Waals surface area contributed by atoms with Crippen LogP contribution < -0.4 is 5.32 Å². The first-order chi connectivity index (χ1) is 8.22. The van der Waals surface area contributed by atoms with Crippen LogP contribution in [0.5, 0.6) is 0 Å². The van der Waals surface area contributed by atoms with Crippen LogP contribution in [0.3, 0.4) is 0 Å². The normalized spacial score (nSPS) is 11.3. The monoisotopic (exact) mass is 255 g/mol. The Morgan fingerprint density at radius 2 is 1.71 bits per heavy atom. The Morgan fingerprint density at radius 3 is 2.29 bits per heavy atom. The van der Waals surface area contributed by atoms with Gasteiger partial charge in [0.2, 0.25) is 0 Å². The molecule has 0 saturated carbocycles. The summed E-state index contributed by atoms with van der Waals surface area (Å²) < 4.78 is 0. The molecule has 0 amide bonds. The van der Waals surface area contributed by atoms with Crippen molar-refractivity contribution in [1.29, 1.82) is 0 Å². The summed E-state index contributed by atoms with van der Waals surface area (Å²) in [6.45, 7) is 7.66. The lowest BCUT2D eigenvalue weighted by Gasteiger charge is -2.05. The van der Waals surface area contributed by atoms with Crippen molar-refractivity contribution >= 4 is 11.3 Å². The molecule has 0 aliphatic rings. The van der Waals surface area contributed by atoms with E-state index in [1.807, 2.05) is 0 Å². The fourth-order valence-electron chi connectivity index (χ4n) is 1.65. The van der Waals surface area contributed by atoms with Crippen LogP contribution in [0, 0.1) is 0 Å². The summed E-state index contributed by atoms with van der Waals surface area (Å²) in [5, 5.41) is 14.3.